The van der Waals surface area contributed by atoms with Crippen molar-refractivity contribution in [1.29, 1.82) is 0 Å². The predicted octanol–water partition coefficient (Wildman–Crippen LogP) is 1.92. The largest absolute Gasteiger partial charge is 0.559 e. The number of nitrogens with zero attached hydrogens (tertiary/aromatic N) is 4. The van der Waals surface area contributed by atoms with E-state index >= 15 is 0 Å². The SMILES string of the molecule is O=C(c1ccccn1)[N]1[Al][N](C(=O)c2ccccn2)C2CCCCC21. The number of pyridine rings is 2. The minimum Gasteiger partial charge on any atom is -0.411 e. The lowest BCUT2D eigenvalue weighted by Crippen LogP contribution is -2.43. The normalized spacial score (nSPS) is 22.2. The number of carbonyl (C=O) groups excluding carboxylic acids is 2. The van der Waals surface area contributed by atoms with Crippen molar-refractivity contribution >= 4 is 27.5 Å². The molecule has 0 spiro atoms. The van der Waals surface area contributed by atoms with Crippen LogP contribution in [0.1, 0.15) is 46.7 Å². The number of fused-ring (bicyclic) bond motifs is 1. The molecule has 3 heterocycles. The molecule has 25 heavy (non-hydrogen) atoms. The molecular weight excluding hydrogens is 331 g/mol. The van der Waals surface area contributed by atoms with E-state index in [0.29, 0.717) is 11.4 Å². The van der Waals surface area contributed by atoms with Crippen LogP contribution in [0, 0.1) is 0 Å². The van der Waals surface area contributed by atoms with Crippen molar-refractivity contribution in [3.05, 3.63) is 60.2 Å². The predicted molar refractivity (Wildman–Crippen MR) is 92.6 cm³/mol. The van der Waals surface area contributed by atoms with Crippen LogP contribution in [0.3, 0.4) is 0 Å². The average Bonchev–Trinajstić information content (AvgIpc) is 3.08. The Labute approximate surface area is 153 Å². The molecule has 1 saturated carbocycles. The zero-order valence-corrected chi connectivity index (χ0v) is 14.9. The molecule has 6 nitrogen and oxygen atoms in total. The van der Waals surface area contributed by atoms with E-state index in [2.05, 4.69) is 9.97 Å². The maximum Gasteiger partial charge on any atom is 0.559 e. The number of carbonyl (C=O) groups is 2. The first-order valence-electron chi connectivity index (χ1n) is 8.58. The lowest BCUT2D eigenvalue weighted by molar-refractivity contribution is 0.0737. The molecule has 2 aromatic rings. The van der Waals surface area contributed by atoms with E-state index in [-0.39, 0.29) is 23.9 Å². The number of hydrogen-bond acceptors (Lipinski definition) is 4. The molecule has 1 aliphatic carbocycles. The summed E-state index contributed by atoms with van der Waals surface area (Å²) in [5, 5.41) is 0. The van der Waals surface area contributed by atoms with Gasteiger partial charge >= 0.3 is 15.7 Å². The standard InChI is InChI=1S/C18H20N4O2.Al/c23-17(15-9-3-5-11-19-15)21-13-7-1-2-8-14(13)22-18(24)16-10-4-6-12-20-16;/h3-6,9-14H,1-2,7-8H2,(H2,21,22,23,24);/q;+2/p-2. The third-order valence-corrected chi connectivity index (χ3v) is 6.63. The molecule has 2 atom stereocenters. The number of rotatable bonds is 2. The Morgan fingerprint density at radius 2 is 1.32 bits per heavy atom. The van der Waals surface area contributed by atoms with Crippen molar-refractivity contribution in [2.75, 3.05) is 0 Å². The molecule has 2 fully saturated rings. The fourth-order valence-corrected chi connectivity index (χ4v) is 5.48. The van der Waals surface area contributed by atoms with Crippen molar-refractivity contribution in [2.24, 2.45) is 0 Å². The number of aromatic nitrogens is 2. The molecule has 0 bridgehead atoms. The Hall–Kier alpha value is -2.23. The molecule has 1 radical (unpaired) electrons. The van der Waals surface area contributed by atoms with Gasteiger partial charge in [-0.2, -0.15) is 0 Å². The summed E-state index contributed by atoms with van der Waals surface area (Å²) in [5.74, 6) is -0.132. The molecule has 1 saturated heterocycles. The van der Waals surface area contributed by atoms with Crippen LogP contribution in [0.2, 0.25) is 0 Å². The molecule has 0 N–H and O–H groups in total. The Kier molecular flexibility index (Phi) is 4.52. The van der Waals surface area contributed by atoms with Gasteiger partial charge in [0.2, 0.25) is 11.8 Å². The smallest absolute Gasteiger partial charge is 0.411 e. The van der Waals surface area contributed by atoms with Crippen LogP contribution in [0.5, 0.6) is 0 Å². The van der Waals surface area contributed by atoms with Crippen LogP contribution in [-0.2, 0) is 0 Å². The minimum absolute atomic E-state index is 0.0659. The first-order chi connectivity index (χ1) is 12.3. The third kappa shape index (κ3) is 3.06. The van der Waals surface area contributed by atoms with Gasteiger partial charge in [0, 0.05) is 24.5 Å². The average molecular weight is 349 g/mol. The molecule has 2 unspecified atom stereocenters. The Bertz CT molecular complexity index is 706. The van der Waals surface area contributed by atoms with Crippen molar-refractivity contribution in [2.45, 2.75) is 37.8 Å². The summed E-state index contributed by atoms with van der Waals surface area (Å²) in [7, 11) is 0. The quantitative estimate of drug-likeness (QED) is 0.777. The van der Waals surface area contributed by atoms with E-state index in [1.165, 1.54) is 0 Å². The van der Waals surface area contributed by atoms with Crippen LogP contribution in [-0.4, -0.2) is 57.3 Å². The molecule has 4 rings (SSSR count). The van der Waals surface area contributed by atoms with Crippen LogP contribution < -0.4 is 0 Å². The number of amides is 2. The maximum absolute atomic E-state index is 12.9. The Balaban J connectivity index is 1.62. The minimum atomic E-state index is -0.598. The van der Waals surface area contributed by atoms with Crippen LogP contribution >= 0.6 is 0 Å². The van der Waals surface area contributed by atoms with Crippen LogP contribution in [0.25, 0.3) is 0 Å². The fourth-order valence-electron chi connectivity index (χ4n) is 3.70. The van der Waals surface area contributed by atoms with Gasteiger partial charge in [0.1, 0.15) is 11.4 Å². The lowest BCUT2D eigenvalue weighted by Gasteiger charge is -2.35. The second-order valence-corrected chi connectivity index (χ2v) is 7.73. The van der Waals surface area contributed by atoms with Gasteiger partial charge in [-0.3, -0.25) is 19.6 Å². The Morgan fingerprint density at radius 3 is 1.72 bits per heavy atom. The second kappa shape index (κ2) is 6.95. The molecular formula is C18H18AlN4O2. The zero-order chi connectivity index (χ0) is 17.2. The van der Waals surface area contributed by atoms with Gasteiger partial charge in [0.05, 0.1) is 0 Å². The van der Waals surface area contributed by atoms with Crippen molar-refractivity contribution < 1.29 is 9.59 Å². The molecule has 2 aromatic heterocycles. The van der Waals surface area contributed by atoms with E-state index < -0.39 is 15.7 Å². The summed E-state index contributed by atoms with van der Waals surface area (Å²) in [4.78, 5) is 34.3. The first-order valence-corrected chi connectivity index (χ1v) is 9.61. The van der Waals surface area contributed by atoms with Gasteiger partial charge in [-0.25, -0.2) is 0 Å². The molecule has 0 aromatic carbocycles. The summed E-state index contributed by atoms with van der Waals surface area (Å²) in [6.45, 7) is 0. The monoisotopic (exact) mass is 349 g/mol. The maximum atomic E-state index is 12.9. The lowest BCUT2D eigenvalue weighted by atomic mass is 9.90. The van der Waals surface area contributed by atoms with Gasteiger partial charge in [0.25, 0.3) is 0 Å². The summed E-state index contributed by atoms with van der Waals surface area (Å²) in [6, 6.07) is 10.9. The molecule has 2 aliphatic rings. The Morgan fingerprint density at radius 1 is 0.840 bits per heavy atom. The highest BCUT2D eigenvalue weighted by atomic mass is 27.1. The molecule has 125 valence electrons. The highest BCUT2D eigenvalue weighted by molar-refractivity contribution is 6.41. The molecule has 1 aliphatic heterocycles. The van der Waals surface area contributed by atoms with Crippen molar-refractivity contribution in [3.8, 4) is 0 Å². The van der Waals surface area contributed by atoms with Crippen LogP contribution in [0.4, 0.5) is 0 Å². The molecule has 7 heteroatoms. The van der Waals surface area contributed by atoms with E-state index in [9.17, 15) is 9.59 Å². The van der Waals surface area contributed by atoms with Gasteiger partial charge in [-0.15, -0.1) is 0 Å². The third-order valence-electron chi connectivity index (χ3n) is 4.89. The second-order valence-electron chi connectivity index (χ2n) is 6.39. The van der Waals surface area contributed by atoms with Gasteiger partial charge in [0.15, 0.2) is 0 Å². The van der Waals surface area contributed by atoms with Gasteiger partial charge < -0.3 is 7.77 Å². The van der Waals surface area contributed by atoms with E-state index in [1.54, 1.807) is 36.7 Å². The van der Waals surface area contributed by atoms with E-state index in [1.807, 2.05) is 19.9 Å². The zero-order valence-electron chi connectivity index (χ0n) is 13.8. The van der Waals surface area contributed by atoms with Crippen molar-refractivity contribution in [1.82, 2.24) is 17.7 Å². The molecule has 2 amide bonds. The number of hydrogen-bond donors (Lipinski definition) is 0. The topological polar surface area (TPSA) is 66.4 Å². The highest BCUT2D eigenvalue weighted by Crippen LogP contribution is 2.33. The summed E-state index contributed by atoms with van der Waals surface area (Å²) in [5.41, 5.74) is 0.901. The van der Waals surface area contributed by atoms with Crippen molar-refractivity contribution in [3.63, 3.8) is 0 Å². The van der Waals surface area contributed by atoms with Gasteiger partial charge in [-0.05, 0) is 37.1 Å². The summed E-state index contributed by atoms with van der Waals surface area (Å²) in [6.07, 6.45) is 7.35. The summed E-state index contributed by atoms with van der Waals surface area (Å²) < 4.78 is 3.79. The van der Waals surface area contributed by atoms with Gasteiger partial charge in [-0.1, -0.05) is 25.0 Å². The fraction of sp³-hybridized carbons (Fsp3) is 0.333. The summed E-state index contributed by atoms with van der Waals surface area (Å²) >= 11 is -0.598. The first kappa shape index (κ1) is 16.3. The van der Waals surface area contributed by atoms with Crippen LogP contribution in [0.15, 0.2) is 48.8 Å². The van der Waals surface area contributed by atoms with E-state index in [4.69, 9.17) is 0 Å². The highest BCUT2D eigenvalue weighted by Gasteiger charge is 2.47. The van der Waals surface area contributed by atoms with E-state index in [0.717, 1.165) is 25.7 Å².